The van der Waals surface area contributed by atoms with Gasteiger partial charge in [0.2, 0.25) is 5.88 Å². The SMILES string of the molecule is COc1ccc2c(Oc3ncc(NS(N)(=O)=O)cc3C)ccnc2c1. The van der Waals surface area contributed by atoms with Crippen molar-refractivity contribution in [2.75, 3.05) is 11.8 Å². The van der Waals surface area contributed by atoms with Gasteiger partial charge in [-0.1, -0.05) is 0 Å². The number of nitrogens with zero attached hydrogens (tertiary/aromatic N) is 2. The van der Waals surface area contributed by atoms with Crippen LogP contribution in [0.4, 0.5) is 5.69 Å². The lowest BCUT2D eigenvalue weighted by molar-refractivity contribution is 0.415. The van der Waals surface area contributed by atoms with Crippen LogP contribution in [-0.4, -0.2) is 25.5 Å². The van der Waals surface area contributed by atoms with Crippen LogP contribution < -0.4 is 19.3 Å². The molecule has 3 aromatic rings. The number of anilines is 1. The molecule has 0 radical (unpaired) electrons. The molecule has 0 bridgehead atoms. The number of ether oxygens (including phenoxy) is 2. The summed E-state index contributed by atoms with van der Waals surface area (Å²) in [5, 5.41) is 5.75. The first kappa shape index (κ1) is 16.9. The molecule has 0 atom stereocenters. The van der Waals surface area contributed by atoms with E-state index in [9.17, 15) is 8.42 Å². The molecular formula is C16H16N4O4S. The van der Waals surface area contributed by atoms with Gasteiger partial charge in [0.25, 0.3) is 10.2 Å². The van der Waals surface area contributed by atoms with Crippen molar-refractivity contribution in [3.05, 3.63) is 48.3 Å². The number of aryl methyl sites for hydroxylation is 1. The molecule has 3 N–H and O–H groups in total. The van der Waals surface area contributed by atoms with Gasteiger partial charge < -0.3 is 9.47 Å². The standard InChI is InChI=1S/C16H16N4O4S/c1-10-7-11(20-25(17,21)22)9-19-16(10)24-15-5-6-18-14-8-12(23-2)3-4-13(14)15/h3-9,20H,1-2H3,(H2,17,21,22). The Balaban J connectivity index is 1.93. The highest BCUT2D eigenvalue weighted by molar-refractivity contribution is 7.90. The number of methoxy groups -OCH3 is 1. The van der Waals surface area contributed by atoms with E-state index < -0.39 is 10.2 Å². The summed E-state index contributed by atoms with van der Waals surface area (Å²) in [7, 11) is -2.26. The van der Waals surface area contributed by atoms with Crippen LogP contribution in [0.5, 0.6) is 17.4 Å². The molecule has 0 spiro atoms. The molecule has 2 heterocycles. The van der Waals surface area contributed by atoms with Gasteiger partial charge in [0.1, 0.15) is 11.5 Å². The molecule has 0 aliphatic rings. The Bertz CT molecular complexity index is 1040. The van der Waals surface area contributed by atoms with Crippen molar-refractivity contribution in [1.82, 2.24) is 9.97 Å². The zero-order chi connectivity index (χ0) is 18.0. The van der Waals surface area contributed by atoms with Crippen LogP contribution in [0.15, 0.2) is 42.7 Å². The van der Waals surface area contributed by atoms with Crippen LogP contribution in [0.25, 0.3) is 10.9 Å². The molecule has 3 rings (SSSR count). The highest BCUT2D eigenvalue weighted by Crippen LogP contribution is 2.31. The molecule has 0 saturated heterocycles. The topological polar surface area (TPSA) is 116 Å². The minimum atomic E-state index is -3.85. The van der Waals surface area contributed by atoms with Gasteiger partial charge in [-0.15, -0.1) is 0 Å². The van der Waals surface area contributed by atoms with E-state index in [0.717, 1.165) is 10.9 Å². The minimum absolute atomic E-state index is 0.261. The van der Waals surface area contributed by atoms with Crippen LogP contribution in [-0.2, 0) is 10.2 Å². The molecule has 0 unspecified atom stereocenters. The third-order valence-electron chi connectivity index (χ3n) is 3.41. The van der Waals surface area contributed by atoms with Gasteiger partial charge in [-0.25, -0.2) is 10.1 Å². The Morgan fingerprint density at radius 1 is 1.16 bits per heavy atom. The van der Waals surface area contributed by atoms with Crippen molar-refractivity contribution in [3.63, 3.8) is 0 Å². The third-order valence-corrected chi connectivity index (χ3v) is 3.93. The van der Waals surface area contributed by atoms with E-state index in [2.05, 4.69) is 14.7 Å². The lowest BCUT2D eigenvalue weighted by Gasteiger charge is -2.11. The fourth-order valence-electron chi connectivity index (χ4n) is 2.31. The van der Waals surface area contributed by atoms with Gasteiger partial charge >= 0.3 is 0 Å². The van der Waals surface area contributed by atoms with Gasteiger partial charge in [0, 0.05) is 23.2 Å². The molecule has 0 fully saturated rings. The number of nitrogens with two attached hydrogens (primary N) is 1. The van der Waals surface area contributed by atoms with Gasteiger partial charge in [0.05, 0.1) is 24.5 Å². The first-order valence-electron chi connectivity index (χ1n) is 7.23. The van der Waals surface area contributed by atoms with Crippen LogP contribution in [0.2, 0.25) is 0 Å². The van der Waals surface area contributed by atoms with Gasteiger partial charge in [-0.3, -0.25) is 9.71 Å². The normalized spacial score (nSPS) is 11.3. The molecule has 130 valence electrons. The number of benzene rings is 1. The van der Waals surface area contributed by atoms with Crippen molar-refractivity contribution in [2.45, 2.75) is 6.92 Å². The largest absolute Gasteiger partial charge is 0.497 e. The second-order valence-corrected chi connectivity index (χ2v) is 6.58. The van der Waals surface area contributed by atoms with Crippen molar-refractivity contribution in [1.29, 1.82) is 0 Å². The van der Waals surface area contributed by atoms with E-state index in [0.29, 0.717) is 22.9 Å². The minimum Gasteiger partial charge on any atom is -0.497 e. The highest BCUT2D eigenvalue weighted by Gasteiger charge is 2.10. The zero-order valence-corrected chi connectivity index (χ0v) is 14.4. The molecule has 25 heavy (non-hydrogen) atoms. The van der Waals surface area contributed by atoms with E-state index in [1.54, 1.807) is 32.4 Å². The third kappa shape index (κ3) is 3.95. The van der Waals surface area contributed by atoms with Crippen LogP contribution >= 0.6 is 0 Å². The summed E-state index contributed by atoms with van der Waals surface area (Å²) in [5.74, 6) is 1.63. The summed E-state index contributed by atoms with van der Waals surface area (Å²) in [4.78, 5) is 8.45. The number of hydrogen-bond acceptors (Lipinski definition) is 6. The van der Waals surface area contributed by atoms with Crippen molar-refractivity contribution in [2.24, 2.45) is 5.14 Å². The predicted octanol–water partition coefficient (Wildman–Crippen LogP) is 2.35. The van der Waals surface area contributed by atoms with Gasteiger partial charge in [-0.05, 0) is 31.2 Å². The monoisotopic (exact) mass is 360 g/mol. The lowest BCUT2D eigenvalue weighted by Crippen LogP contribution is -2.21. The molecule has 0 aliphatic heterocycles. The maximum Gasteiger partial charge on any atom is 0.296 e. The predicted molar refractivity (Wildman–Crippen MR) is 94.1 cm³/mol. The summed E-state index contributed by atoms with van der Waals surface area (Å²) in [6.07, 6.45) is 2.96. The number of rotatable bonds is 5. The van der Waals surface area contributed by atoms with E-state index in [4.69, 9.17) is 14.6 Å². The van der Waals surface area contributed by atoms with Crippen molar-refractivity contribution >= 4 is 26.8 Å². The first-order chi connectivity index (χ1) is 11.9. The Morgan fingerprint density at radius 3 is 2.64 bits per heavy atom. The maximum atomic E-state index is 11.1. The lowest BCUT2D eigenvalue weighted by atomic mass is 10.2. The molecule has 0 amide bonds. The fourth-order valence-corrected chi connectivity index (χ4v) is 2.75. The van der Waals surface area contributed by atoms with Crippen molar-refractivity contribution in [3.8, 4) is 17.4 Å². The van der Waals surface area contributed by atoms with Crippen LogP contribution in [0, 0.1) is 6.92 Å². The fraction of sp³-hybridized carbons (Fsp3) is 0.125. The molecule has 8 nitrogen and oxygen atoms in total. The smallest absolute Gasteiger partial charge is 0.296 e. The van der Waals surface area contributed by atoms with E-state index in [1.165, 1.54) is 6.20 Å². The van der Waals surface area contributed by atoms with Gasteiger partial charge in [0.15, 0.2) is 0 Å². The second kappa shape index (κ2) is 6.54. The van der Waals surface area contributed by atoms with E-state index >= 15 is 0 Å². The quantitative estimate of drug-likeness (QED) is 0.721. The Hall–Kier alpha value is -2.91. The maximum absolute atomic E-state index is 11.1. The Labute approximate surface area is 144 Å². The first-order valence-corrected chi connectivity index (χ1v) is 8.78. The highest BCUT2D eigenvalue weighted by atomic mass is 32.2. The molecular weight excluding hydrogens is 344 g/mol. The Kier molecular flexibility index (Phi) is 4.43. The molecule has 0 saturated carbocycles. The number of aromatic nitrogens is 2. The number of nitrogens with one attached hydrogen (secondary N) is 1. The van der Waals surface area contributed by atoms with E-state index in [1.807, 2.05) is 18.2 Å². The van der Waals surface area contributed by atoms with E-state index in [-0.39, 0.29) is 5.69 Å². The number of fused-ring (bicyclic) bond motifs is 1. The van der Waals surface area contributed by atoms with Gasteiger partial charge in [-0.2, -0.15) is 8.42 Å². The number of hydrogen-bond donors (Lipinski definition) is 2. The molecule has 2 aromatic heterocycles. The van der Waals surface area contributed by atoms with Crippen LogP contribution in [0.1, 0.15) is 5.56 Å². The van der Waals surface area contributed by atoms with Crippen LogP contribution in [0.3, 0.4) is 0 Å². The van der Waals surface area contributed by atoms with Crippen molar-refractivity contribution < 1.29 is 17.9 Å². The second-order valence-electron chi connectivity index (χ2n) is 5.29. The summed E-state index contributed by atoms with van der Waals surface area (Å²) in [6, 6.07) is 8.78. The summed E-state index contributed by atoms with van der Waals surface area (Å²) >= 11 is 0. The summed E-state index contributed by atoms with van der Waals surface area (Å²) in [6.45, 7) is 1.75. The average molecular weight is 360 g/mol. The molecule has 1 aromatic carbocycles. The average Bonchev–Trinajstić information content (AvgIpc) is 2.55. The summed E-state index contributed by atoms with van der Waals surface area (Å²) < 4.78 is 35.4. The summed E-state index contributed by atoms with van der Waals surface area (Å²) in [5.41, 5.74) is 1.63. The molecule has 0 aliphatic carbocycles. The zero-order valence-electron chi connectivity index (χ0n) is 13.6. The molecule has 9 heteroatoms. The Morgan fingerprint density at radius 2 is 1.96 bits per heavy atom. The number of pyridine rings is 2.